The van der Waals surface area contributed by atoms with E-state index in [1.807, 2.05) is 78.9 Å². The number of benzene rings is 4. The van der Waals surface area contributed by atoms with Crippen LogP contribution in [0.4, 0.5) is 5.69 Å². The van der Waals surface area contributed by atoms with E-state index in [0.29, 0.717) is 6.16 Å². The van der Waals surface area contributed by atoms with E-state index >= 15 is 0 Å². The van der Waals surface area contributed by atoms with Crippen molar-refractivity contribution in [2.45, 2.75) is 13.0 Å². The van der Waals surface area contributed by atoms with Crippen molar-refractivity contribution in [3.05, 3.63) is 126 Å². The molecule has 0 fully saturated rings. The Labute approximate surface area is 179 Å². The summed E-state index contributed by atoms with van der Waals surface area (Å²) in [5.74, 6) is 0. The largest absolute Gasteiger partial charge is 0.378 e. The molecule has 4 rings (SSSR count). The van der Waals surface area contributed by atoms with Gasteiger partial charge in [-0.25, -0.2) is 0 Å². The molecule has 0 saturated carbocycles. The van der Waals surface area contributed by atoms with Gasteiger partial charge in [0.2, 0.25) is 0 Å². The van der Waals surface area contributed by atoms with E-state index in [1.54, 1.807) is 0 Å². The molecule has 2 nitrogen and oxygen atoms in total. The molecule has 0 aliphatic rings. The predicted octanol–water partition coefficient (Wildman–Crippen LogP) is 6.16. The fraction of sp³-hybridized carbons (Fsp3) is 0.111. The standard InChI is InChI=1S/C27H26NOP/c1-22-17-19-23(20-18-22)27(28-24-11-5-2-6-12-24)21-30(29,25-13-7-3-8-14-25)26-15-9-4-10-16-26/h2-20,27-28H,21H2,1H3. The lowest BCUT2D eigenvalue weighted by Crippen LogP contribution is -2.25. The molecule has 0 aromatic heterocycles. The van der Waals surface area contributed by atoms with E-state index in [-0.39, 0.29) is 6.04 Å². The zero-order valence-corrected chi connectivity index (χ0v) is 18.0. The summed E-state index contributed by atoms with van der Waals surface area (Å²) in [7, 11) is -2.86. The van der Waals surface area contributed by atoms with Gasteiger partial charge in [0.25, 0.3) is 0 Å². The molecule has 0 bridgehead atoms. The quantitative estimate of drug-likeness (QED) is 0.369. The molecule has 0 radical (unpaired) electrons. The van der Waals surface area contributed by atoms with Crippen LogP contribution in [0.2, 0.25) is 0 Å². The topological polar surface area (TPSA) is 29.1 Å². The summed E-state index contributed by atoms with van der Waals surface area (Å²) in [6.07, 6.45) is 0.499. The van der Waals surface area contributed by atoms with Gasteiger partial charge in [0.05, 0.1) is 6.04 Å². The minimum absolute atomic E-state index is 0.0840. The zero-order chi connectivity index (χ0) is 20.8. The van der Waals surface area contributed by atoms with Gasteiger partial charge in [0.1, 0.15) is 7.14 Å². The number of rotatable bonds is 7. The number of nitrogens with one attached hydrogen (secondary N) is 1. The molecule has 0 heterocycles. The third-order valence-corrected chi connectivity index (χ3v) is 8.52. The Morgan fingerprint density at radius 1 is 0.667 bits per heavy atom. The maximum absolute atomic E-state index is 14.6. The third kappa shape index (κ3) is 4.56. The Balaban J connectivity index is 1.78. The second-order valence-corrected chi connectivity index (χ2v) is 10.4. The van der Waals surface area contributed by atoms with Crippen LogP contribution in [0.1, 0.15) is 17.2 Å². The maximum atomic E-state index is 14.6. The molecule has 1 unspecified atom stereocenters. The van der Waals surface area contributed by atoms with Crippen LogP contribution in [0.25, 0.3) is 0 Å². The van der Waals surface area contributed by atoms with Crippen LogP contribution >= 0.6 is 7.14 Å². The Bertz CT molecular complexity index is 1070. The summed E-state index contributed by atoms with van der Waals surface area (Å²) in [6.45, 7) is 2.09. The highest BCUT2D eigenvalue weighted by molar-refractivity contribution is 7.78. The molecule has 4 aromatic rings. The first kappa shape index (κ1) is 20.2. The van der Waals surface area contributed by atoms with Gasteiger partial charge in [0.15, 0.2) is 0 Å². The highest BCUT2D eigenvalue weighted by Gasteiger charge is 2.31. The first-order chi connectivity index (χ1) is 14.6. The molecule has 0 aliphatic heterocycles. The lowest BCUT2D eigenvalue weighted by Gasteiger charge is -2.27. The molecule has 30 heavy (non-hydrogen) atoms. The molecule has 3 heteroatoms. The van der Waals surface area contributed by atoms with Crippen LogP contribution in [0.5, 0.6) is 0 Å². The van der Waals surface area contributed by atoms with Gasteiger partial charge in [0, 0.05) is 22.5 Å². The molecular formula is C27H26NOP. The van der Waals surface area contributed by atoms with Crippen LogP contribution < -0.4 is 15.9 Å². The fourth-order valence-corrected chi connectivity index (χ4v) is 6.57. The molecule has 0 saturated heterocycles. The monoisotopic (exact) mass is 411 g/mol. The smallest absolute Gasteiger partial charge is 0.145 e. The highest BCUT2D eigenvalue weighted by atomic mass is 31.2. The van der Waals surface area contributed by atoms with E-state index in [2.05, 4.69) is 48.6 Å². The van der Waals surface area contributed by atoms with E-state index in [1.165, 1.54) is 5.56 Å². The maximum Gasteiger partial charge on any atom is 0.145 e. The minimum Gasteiger partial charge on any atom is -0.378 e. The summed E-state index contributed by atoms with van der Waals surface area (Å²) < 4.78 is 14.6. The van der Waals surface area contributed by atoms with Crippen molar-refractivity contribution in [2.75, 3.05) is 11.5 Å². The normalized spacial score (nSPS) is 12.3. The SMILES string of the molecule is Cc1ccc(C(CP(=O)(c2ccccc2)c2ccccc2)Nc2ccccc2)cc1. The van der Waals surface area contributed by atoms with Gasteiger partial charge >= 0.3 is 0 Å². The van der Waals surface area contributed by atoms with Crippen molar-refractivity contribution >= 4 is 23.4 Å². The second kappa shape index (κ2) is 9.15. The third-order valence-electron chi connectivity index (χ3n) is 5.38. The van der Waals surface area contributed by atoms with Gasteiger partial charge < -0.3 is 9.88 Å². The van der Waals surface area contributed by atoms with Crippen molar-refractivity contribution in [1.29, 1.82) is 0 Å². The molecular weight excluding hydrogens is 385 g/mol. The van der Waals surface area contributed by atoms with Crippen molar-refractivity contribution in [1.82, 2.24) is 0 Å². The minimum atomic E-state index is -2.86. The number of hydrogen-bond acceptors (Lipinski definition) is 2. The lowest BCUT2D eigenvalue weighted by atomic mass is 10.1. The molecule has 0 spiro atoms. The average Bonchev–Trinajstić information content (AvgIpc) is 2.81. The van der Waals surface area contributed by atoms with Crippen LogP contribution in [0, 0.1) is 6.92 Å². The first-order valence-electron chi connectivity index (χ1n) is 10.2. The fourth-order valence-electron chi connectivity index (χ4n) is 3.72. The van der Waals surface area contributed by atoms with Crippen LogP contribution in [0.15, 0.2) is 115 Å². The van der Waals surface area contributed by atoms with Crippen molar-refractivity contribution in [3.8, 4) is 0 Å². The summed E-state index contributed by atoms with van der Waals surface area (Å²) in [6, 6.07) is 38.3. The van der Waals surface area contributed by atoms with E-state index in [4.69, 9.17) is 0 Å². The van der Waals surface area contributed by atoms with Crippen LogP contribution in [0.3, 0.4) is 0 Å². The molecule has 1 N–H and O–H groups in total. The van der Waals surface area contributed by atoms with Crippen molar-refractivity contribution in [2.24, 2.45) is 0 Å². The van der Waals surface area contributed by atoms with Gasteiger partial charge in [-0.2, -0.15) is 0 Å². The first-order valence-corrected chi connectivity index (χ1v) is 12.1. The van der Waals surface area contributed by atoms with Crippen molar-refractivity contribution in [3.63, 3.8) is 0 Å². The molecule has 150 valence electrons. The van der Waals surface area contributed by atoms with Gasteiger partial charge in [-0.05, 0) is 24.6 Å². The Kier molecular flexibility index (Phi) is 6.16. The molecule has 1 atom stereocenters. The van der Waals surface area contributed by atoms with E-state index < -0.39 is 7.14 Å². The Hall–Kier alpha value is -3.09. The lowest BCUT2D eigenvalue weighted by molar-refractivity contribution is 0.584. The predicted molar refractivity (Wildman–Crippen MR) is 129 cm³/mol. The summed E-state index contributed by atoms with van der Waals surface area (Å²) in [5.41, 5.74) is 3.37. The summed E-state index contributed by atoms with van der Waals surface area (Å²) >= 11 is 0. The zero-order valence-electron chi connectivity index (χ0n) is 17.1. The number of anilines is 1. The average molecular weight is 411 g/mol. The molecule has 4 aromatic carbocycles. The van der Waals surface area contributed by atoms with Crippen LogP contribution in [-0.2, 0) is 4.57 Å². The van der Waals surface area contributed by atoms with Gasteiger partial charge in [-0.1, -0.05) is 109 Å². The van der Waals surface area contributed by atoms with Crippen LogP contribution in [-0.4, -0.2) is 6.16 Å². The summed E-state index contributed by atoms with van der Waals surface area (Å²) in [5, 5.41) is 5.42. The van der Waals surface area contributed by atoms with Gasteiger partial charge in [-0.15, -0.1) is 0 Å². The number of aryl methyl sites for hydroxylation is 1. The molecule has 0 aliphatic carbocycles. The number of hydrogen-bond donors (Lipinski definition) is 1. The second-order valence-electron chi connectivity index (χ2n) is 7.57. The molecule has 0 amide bonds. The highest BCUT2D eigenvalue weighted by Crippen LogP contribution is 2.47. The Morgan fingerprint density at radius 2 is 1.13 bits per heavy atom. The Morgan fingerprint density at radius 3 is 1.63 bits per heavy atom. The van der Waals surface area contributed by atoms with Gasteiger partial charge in [-0.3, -0.25) is 0 Å². The summed E-state index contributed by atoms with van der Waals surface area (Å²) in [4.78, 5) is 0. The van der Waals surface area contributed by atoms with E-state index in [9.17, 15) is 4.57 Å². The van der Waals surface area contributed by atoms with E-state index in [0.717, 1.165) is 21.9 Å². The van der Waals surface area contributed by atoms with Crippen molar-refractivity contribution < 1.29 is 4.57 Å². The number of para-hydroxylation sites is 1.